The molecule has 0 aliphatic heterocycles. The average Bonchev–Trinajstić information content (AvgIpc) is 3.04. The zero-order valence-corrected chi connectivity index (χ0v) is 9.64. The quantitative estimate of drug-likeness (QED) is 0.752. The molecule has 5 heteroatoms. The second kappa shape index (κ2) is 4.65. The van der Waals surface area contributed by atoms with Crippen molar-refractivity contribution in [2.24, 2.45) is 0 Å². The van der Waals surface area contributed by atoms with Gasteiger partial charge in [0.1, 0.15) is 6.04 Å². The molecule has 0 saturated heterocycles. The van der Waals surface area contributed by atoms with Gasteiger partial charge in [0.05, 0.1) is 19.1 Å². The molecule has 1 atom stereocenters. The largest absolute Gasteiger partial charge is 0.468 e. The maximum absolute atomic E-state index is 11.2. The van der Waals surface area contributed by atoms with Gasteiger partial charge in [-0.2, -0.15) is 0 Å². The molecule has 1 heterocycles. The Morgan fingerprint density at radius 2 is 2.50 bits per heavy atom. The first-order valence-electron chi connectivity index (χ1n) is 5.54. The van der Waals surface area contributed by atoms with Crippen LogP contribution >= 0.6 is 0 Å². The third kappa shape index (κ3) is 2.41. The second-order valence-corrected chi connectivity index (χ2v) is 4.15. The molecule has 0 aromatic carbocycles. The lowest BCUT2D eigenvalue weighted by Gasteiger charge is -2.12. The highest BCUT2D eigenvalue weighted by molar-refractivity contribution is 5.75. The number of hydrogen-bond donors (Lipinski definition) is 1. The lowest BCUT2D eigenvalue weighted by molar-refractivity contribution is -0.142. The first-order valence-corrected chi connectivity index (χ1v) is 5.54. The van der Waals surface area contributed by atoms with Gasteiger partial charge in [0.2, 0.25) is 0 Å². The van der Waals surface area contributed by atoms with Crippen LogP contribution in [0.2, 0.25) is 0 Å². The molecule has 1 fully saturated rings. The van der Waals surface area contributed by atoms with Crippen molar-refractivity contribution >= 4 is 5.97 Å². The van der Waals surface area contributed by atoms with E-state index in [1.807, 2.05) is 12.5 Å². The van der Waals surface area contributed by atoms with Crippen LogP contribution in [0.1, 0.15) is 31.5 Å². The van der Waals surface area contributed by atoms with E-state index in [9.17, 15) is 4.79 Å². The molecule has 0 radical (unpaired) electrons. The Kier molecular flexibility index (Phi) is 3.24. The summed E-state index contributed by atoms with van der Waals surface area (Å²) < 4.78 is 6.83. The Hall–Kier alpha value is -1.36. The minimum Gasteiger partial charge on any atom is -0.468 e. The normalized spacial score (nSPS) is 17.1. The minimum atomic E-state index is -0.285. The number of esters is 1. The molecule has 1 aliphatic rings. The van der Waals surface area contributed by atoms with Crippen molar-refractivity contribution in [2.75, 3.05) is 7.11 Å². The van der Waals surface area contributed by atoms with Gasteiger partial charge in [-0.3, -0.25) is 10.1 Å². The minimum absolute atomic E-state index is 0.238. The molecule has 0 unspecified atom stereocenters. The molecule has 1 N–H and O–H groups in total. The van der Waals surface area contributed by atoms with Crippen LogP contribution in [0, 0.1) is 0 Å². The van der Waals surface area contributed by atoms with Crippen molar-refractivity contribution < 1.29 is 9.53 Å². The summed E-state index contributed by atoms with van der Waals surface area (Å²) in [6.07, 6.45) is 6.17. The first kappa shape index (κ1) is 11.1. The van der Waals surface area contributed by atoms with Crippen LogP contribution in [-0.4, -0.2) is 28.7 Å². The third-order valence-corrected chi connectivity index (χ3v) is 2.83. The maximum atomic E-state index is 11.2. The summed E-state index contributed by atoms with van der Waals surface area (Å²) in [6, 6.07) is 0.334. The average molecular weight is 223 g/mol. The van der Waals surface area contributed by atoms with Gasteiger partial charge in [0.25, 0.3) is 0 Å². The van der Waals surface area contributed by atoms with Gasteiger partial charge in [-0.15, -0.1) is 0 Å². The zero-order chi connectivity index (χ0) is 11.5. The van der Waals surface area contributed by atoms with Crippen molar-refractivity contribution in [3.05, 3.63) is 18.2 Å². The van der Waals surface area contributed by atoms with E-state index in [0.29, 0.717) is 12.6 Å². The Morgan fingerprint density at radius 3 is 3.12 bits per heavy atom. The van der Waals surface area contributed by atoms with Gasteiger partial charge in [0, 0.05) is 18.8 Å². The molecule has 1 aliphatic carbocycles. The van der Waals surface area contributed by atoms with Gasteiger partial charge < -0.3 is 9.30 Å². The van der Waals surface area contributed by atoms with Crippen molar-refractivity contribution in [1.29, 1.82) is 0 Å². The monoisotopic (exact) mass is 223 g/mol. The van der Waals surface area contributed by atoms with E-state index >= 15 is 0 Å². The molecule has 0 bridgehead atoms. The number of hydrogen-bond acceptors (Lipinski definition) is 4. The number of aromatic nitrogens is 2. The van der Waals surface area contributed by atoms with Crippen LogP contribution in [0.25, 0.3) is 0 Å². The van der Waals surface area contributed by atoms with Crippen molar-refractivity contribution in [3.8, 4) is 0 Å². The van der Waals surface area contributed by atoms with E-state index in [-0.39, 0.29) is 12.0 Å². The van der Waals surface area contributed by atoms with Gasteiger partial charge in [-0.1, -0.05) is 0 Å². The summed E-state index contributed by atoms with van der Waals surface area (Å²) in [5.74, 6) is -0.238. The van der Waals surface area contributed by atoms with Gasteiger partial charge in [-0.05, 0) is 19.8 Å². The summed E-state index contributed by atoms with van der Waals surface area (Å²) in [6.45, 7) is 2.44. The fourth-order valence-electron chi connectivity index (χ4n) is 1.67. The van der Waals surface area contributed by atoms with Crippen LogP contribution in [0.3, 0.4) is 0 Å². The van der Waals surface area contributed by atoms with E-state index in [1.165, 1.54) is 20.0 Å². The van der Waals surface area contributed by atoms with E-state index in [2.05, 4.69) is 19.6 Å². The number of imidazole rings is 1. The lowest BCUT2D eigenvalue weighted by Crippen LogP contribution is -2.34. The van der Waals surface area contributed by atoms with Gasteiger partial charge in [-0.25, -0.2) is 4.98 Å². The van der Waals surface area contributed by atoms with E-state index in [4.69, 9.17) is 0 Å². The highest BCUT2D eigenvalue weighted by Crippen LogP contribution is 2.35. The molecular formula is C11H17N3O2. The molecule has 0 spiro atoms. The van der Waals surface area contributed by atoms with Crippen molar-refractivity contribution in [1.82, 2.24) is 14.9 Å². The topological polar surface area (TPSA) is 56.1 Å². The van der Waals surface area contributed by atoms with Crippen LogP contribution < -0.4 is 5.32 Å². The molecule has 0 amide bonds. The predicted octanol–water partition coefficient (Wildman–Crippen LogP) is 0.869. The number of nitrogens with one attached hydrogen (secondary N) is 1. The van der Waals surface area contributed by atoms with Crippen LogP contribution in [-0.2, 0) is 16.1 Å². The summed E-state index contributed by atoms with van der Waals surface area (Å²) in [7, 11) is 1.40. The smallest absolute Gasteiger partial charge is 0.322 e. The number of carbonyl (C=O) groups excluding carboxylic acids is 1. The number of rotatable bonds is 5. The maximum Gasteiger partial charge on any atom is 0.322 e. The fourth-order valence-corrected chi connectivity index (χ4v) is 1.67. The van der Waals surface area contributed by atoms with E-state index in [1.54, 1.807) is 6.92 Å². The molecule has 1 aromatic rings. The number of ether oxygens (including phenoxy) is 1. The summed E-state index contributed by atoms with van der Waals surface area (Å²) in [4.78, 5) is 15.3. The Morgan fingerprint density at radius 1 is 1.75 bits per heavy atom. The molecule has 5 nitrogen and oxygen atoms in total. The van der Waals surface area contributed by atoms with E-state index in [0.717, 1.165) is 5.69 Å². The summed E-state index contributed by atoms with van der Waals surface area (Å²) >= 11 is 0. The van der Waals surface area contributed by atoms with Gasteiger partial charge >= 0.3 is 5.97 Å². The summed E-state index contributed by atoms with van der Waals surface area (Å²) in [5, 5.41) is 3.12. The SMILES string of the molecule is COC(=O)[C@H](C)NCc1cncn1C1CC1. The van der Waals surface area contributed by atoms with Crippen LogP contribution in [0.4, 0.5) is 0 Å². The number of nitrogens with zero attached hydrogens (tertiary/aromatic N) is 2. The first-order chi connectivity index (χ1) is 7.72. The molecular weight excluding hydrogens is 206 g/mol. The van der Waals surface area contributed by atoms with Crippen LogP contribution in [0.5, 0.6) is 0 Å². The van der Waals surface area contributed by atoms with Crippen molar-refractivity contribution in [2.45, 2.75) is 38.4 Å². The standard InChI is InChI=1S/C11H17N3O2/c1-8(11(15)16-2)13-6-10-5-12-7-14(10)9-3-4-9/h5,7-9,13H,3-4,6H2,1-2H3/t8-/m0/s1. The summed E-state index contributed by atoms with van der Waals surface area (Å²) in [5.41, 5.74) is 1.12. The second-order valence-electron chi connectivity index (χ2n) is 4.15. The van der Waals surface area contributed by atoms with Crippen molar-refractivity contribution in [3.63, 3.8) is 0 Å². The predicted molar refractivity (Wildman–Crippen MR) is 58.8 cm³/mol. The zero-order valence-electron chi connectivity index (χ0n) is 9.64. The fraction of sp³-hybridized carbons (Fsp3) is 0.636. The van der Waals surface area contributed by atoms with E-state index < -0.39 is 0 Å². The third-order valence-electron chi connectivity index (χ3n) is 2.83. The van der Waals surface area contributed by atoms with Crippen LogP contribution in [0.15, 0.2) is 12.5 Å². The molecule has 2 rings (SSSR count). The molecule has 88 valence electrons. The Bertz CT molecular complexity index is 371. The highest BCUT2D eigenvalue weighted by atomic mass is 16.5. The number of carbonyl (C=O) groups is 1. The Balaban J connectivity index is 1.89. The Labute approximate surface area is 94.8 Å². The lowest BCUT2D eigenvalue weighted by atomic mass is 10.3. The van der Waals surface area contributed by atoms with Gasteiger partial charge in [0.15, 0.2) is 0 Å². The highest BCUT2D eigenvalue weighted by Gasteiger charge is 2.25. The number of methoxy groups -OCH3 is 1. The molecule has 1 aromatic heterocycles. The molecule has 1 saturated carbocycles. The molecule has 16 heavy (non-hydrogen) atoms.